The molecule has 1 aromatic rings. The molecule has 14 heavy (non-hydrogen) atoms. The lowest BCUT2D eigenvalue weighted by Crippen LogP contribution is -2.03. The Kier molecular flexibility index (Phi) is 3.44. The third-order valence-electron chi connectivity index (χ3n) is 1.65. The summed E-state index contributed by atoms with van der Waals surface area (Å²) >= 11 is 5.99. The fraction of sp³-hybridized carbons (Fsp3) is 0.111. The number of ketones is 1. The Morgan fingerprint density at radius 1 is 1.36 bits per heavy atom. The molecule has 1 rings (SSSR count). The van der Waals surface area contributed by atoms with E-state index in [0.29, 0.717) is 0 Å². The van der Waals surface area contributed by atoms with Gasteiger partial charge in [-0.05, 0) is 50.9 Å². The van der Waals surface area contributed by atoms with Crippen molar-refractivity contribution in [1.29, 1.82) is 0 Å². The van der Waals surface area contributed by atoms with Gasteiger partial charge >= 0.3 is 0 Å². The number of aromatic hydroxyl groups is 1. The van der Waals surface area contributed by atoms with Gasteiger partial charge in [-0.2, -0.15) is 0 Å². The van der Waals surface area contributed by atoms with Crippen molar-refractivity contribution in [3.05, 3.63) is 36.9 Å². The molecule has 0 radical (unpaired) electrons. The Hall–Kier alpha value is -0.680. The van der Waals surface area contributed by atoms with Gasteiger partial charge in [-0.1, -0.05) is 0 Å². The van der Waals surface area contributed by atoms with Crippen LogP contribution in [0.2, 0.25) is 0 Å². The van der Waals surface area contributed by atoms with Crippen LogP contribution in [0.15, 0.2) is 25.9 Å². The standard InChI is InChI=1S/C9H6Br2O3/c1-4(12)5-2-3-6(10)8(13)9(14)7(5)11/h2-3H,1H3,(H,13,14). The highest BCUT2D eigenvalue weighted by atomic mass is 79.9. The van der Waals surface area contributed by atoms with E-state index in [1.54, 1.807) is 0 Å². The lowest BCUT2D eigenvalue weighted by molar-refractivity contribution is 0.101. The van der Waals surface area contributed by atoms with Gasteiger partial charge in [-0.15, -0.1) is 0 Å². The van der Waals surface area contributed by atoms with Crippen molar-refractivity contribution in [2.45, 2.75) is 6.92 Å². The molecule has 74 valence electrons. The predicted octanol–water partition coefficient (Wildman–Crippen LogP) is 2.48. The zero-order valence-corrected chi connectivity index (χ0v) is 10.3. The molecule has 0 aliphatic carbocycles. The van der Waals surface area contributed by atoms with Gasteiger partial charge < -0.3 is 5.11 Å². The van der Waals surface area contributed by atoms with Gasteiger partial charge in [0.25, 0.3) is 0 Å². The Morgan fingerprint density at radius 2 is 1.93 bits per heavy atom. The Labute approximate surface area is 97.0 Å². The first kappa shape index (κ1) is 11.4. The number of rotatable bonds is 1. The third kappa shape index (κ3) is 2.04. The summed E-state index contributed by atoms with van der Waals surface area (Å²) in [6, 6.07) is 2.93. The van der Waals surface area contributed by atoms with Crippen LogP contribution in [0.25, 0.3) is 0 Å². The molecule has 0 aliphatic heterocycles. The number of halogens is 2. The summed E-state index contributed by atoms with van der Waals surface area (Å²) in [5.74, 6) is -0.652. The minimum Gasteiger partial charge on any atom is -0.503 e. The van der Waals surface area contributed by atoms with Crippen LogP contribution < -0.4 is 5.43 Å². The van der Waals surface area contributed by atoms with Crippen LogP contribution in [-0.4, -0.2) is 10.9 Å². The largest absolute Gasteiger partial charge is 0.503 e. The quantitative estimate of drug-likeness (QED) is 0.808. The van der Waals surface area contributed by atoms with Crippen molar-refractivity contribution in [2.75, 3.05) is 0 Å². The molecule has 3 nitrogen and oxygen atoms in total. The molecule has 0 atom stereocenters. The van der Waals surface area contributed by atoms with E-state index in [1.165, 1.54) is 19.1 Å². The molecule has 0 saturated carbocycles. The molecule has 0 heterocycles. The Balaban J connectivity index is 3.72. The number of carbonyl (C=O) groups is 1. The molecule has 0 spiro atoms. The van der Waals surface area contributed by atoms with Crippen LogP contribution in [-0.2, 0) is 0 Å². The molecule has 0 saturated heterocycles. The maximum absolute atomic E-state index is 11.4. The van der Waals surface area contributed by atoms with E-state index >= 15 is 0 Å². The topological polar surface area (TPSA) is 54.4 Å². The van der Waals surface area contributed by atoms with Gasteiger partial charge in [0, 0.05) is 5.56 Å². The second-order valence-corrected chi connectivity index (χ2v) is 4.29. The zero-order valence-electron chi connectivity index (χ0n) is 7.17. The first-order valence-corrected chi connectivity index (χ1v) is 5.26. The Bertz CT molecular complexity index is 455. The third-order valence-corrected chi connectivity index (χ3v) is 3.08. The van der Waals surface area contributed by atoms with E-state index in [4.69, 9.17) is 0 Å². The van der Waals surface area contributed by atoms with Gasteiger partial charge in [0.2, 0.25) is 5.43 Å². The van der Waals surface area contributed by atoms with Gasteiger partial charge in [0.05, 0.1) is 8.95 Å². The molecule has 0 aliphatic rings. The summed E-state index contributed by atoms with van der Waals surface area (Å²) in [7, 11) is 0. The normalized spacial score (nSPS) is 9.93. The average Bonchev–Trinajstić information content (AvgIpc) is 2.21. The first-order valence-electron chi connectivity index (χ1n) is 3.67. The second kappa shape index (κ2) is 4.23. The van der Waals surface area contributed by atoms with E-state index in [2.05, 4.69) is 31.9 Å². The van der Waals surface area contributed by atoms with Crippen LogP contribution >= 0.6 is 31.9 Å². The molecular formula is C9H6Br2O3. The van der Waals surface area contributed by atoms with E-state index in [-0.39, 0.29) is 20.3 Å². The summed E-state index contributed by atoms with van der Waals surface area (Å²) in [6.07, 6.45) is 0. The van der Waals surface area contributed by atoms with Crippen LogP contribution in [0.5, 0.6) is 5.75 Å². The molecule has 1 N–H and O–H groups in total. The fourth-order valence-electron chi connectivity index (χ4n) is 0.915. The maximum Gasteiger partial charge on any atom is 0.236 e. The van der Waals surface area contributed by atoms with Gasteiger partial charge in [-0.3, -0.25) is 9.59 Å². The zero-order chi connectivity index (χ0) is 10.9. The summed E-state index contributed by atoms with van der Waals surface area (Å²) < 4.78 is 0.337. The molecule has 1 aromatic carbocycles. The second-order valence-electron chi connectivity index (χ2n) is 2.64. The summed E-state index contributed by atoms with van der Waals surface area (Å²) in [5, 5.41) is 9.35. The van der Waals surface area contributed by atoms with E-state index < -0.39 is 11.2 Å². The SMILES string of the molecule is CC(=O)c1ccc(Br)c(O)c(=O)c1Br. The fourth-order valence-corrected chi connectivity index (χ4v) is 1.83. The van der Waals surface area contributed by atoms with E-state index in [0.717, 1.165) is 0 Å². The molecule has 0 amide bonds. The van der Waals surface area contributed by atoms with Crippen molar-refractivity contribution in [2.24, 2.45) is 0 Å². The van der Waals surface area contributed by atoms with Crippen LogP contribution in [0.1, 0.15) is 17.3 Å². The number of hydrogen-bond donors (Lipinski definition) is 1. The molecule has 0 aromatic heterocycles. The smallest absolute Gasteiger partial charge is 0.236 e. The number of hydrogen-bond acceptors (Lipinski definition) is 3. The van der Waals surface area contributed by atoms with Gasteiger partial charge in [0.1, 0.15) is 0 Å². The monoisotopic (exact) mass is 320 g/mol. The average molecular weight is 322 g/mol. The lowest BCUT2D eigenvalue weighted by Gasteiger charge is -1.91. The van der Waals surface area contributed by atoms with Crippen LogP contribution in [0.3, 0.4) is 0 Å². The van der Waals surface area contributed by atoms with E-state index in [9.17, 15) is 14.7 Å². The lowest BCUT2D eigenvalue weighted by atomic mass is 10.2. The minimum absolute atomic E-state index is 0.0770. The summed E-state index contributed by atoms with van der Waals surface area (Å²) in [6.45, 7) is 1.35. The molecule has 0 unspecified atom stereocenters. The van der Waals surface area contributed by atoms with Crippen molar-refractivity contribution in [1.82, 2.24) is 0 Å². The Morgan fingerprint density at radius 3 is 2.43 bits per heavy atom. The van der Waals surface area contributed by atoms with Crippen LogP contribution in [0, 0.1) is 0 Å². The number of carbonyl (C=O) groups excluding carboxylic acids is 1. The first-order chi connectivity index (χ1) is 6.45. The molecule has 0 fully saturated rings. The molecular weight excluding hydrogens is 316 g/mol. The summed E-state index contributed by atoms with van der Waals surface area (Å²) in [4.78, 5) is 22.5. The van der Waals surface area contributed by atoms with Crippen molar-refractivity contribution in [3.63, 3.8) is 0 Å². The highest BCUT2D eigenvalue weighted by Gasteiger charge is 2.11. The number of Topliss-reactive ketones (excluding diaryl/α,β-unsaturated/α-hetero) is 1. The van der Waals surface area contributed by atoms with Crippen molar-refractivity contribution in [3.8, 4) is 5.75 Å². The molecule has 0 bridgehead atoms. The molecule has 5 heteroatoms. The highest BCUT2D eigenvalue weighted by molar-refractivity contribution is 9.11. The van der Waals surface area contributed by atoms with Crippen LogP contribution in [0.4, 0.5) is 0 Å². The van der Waals surface area contributed by atoms with Gasteiger partial charge in [0.15, 0.2) is 11.5 Å². The van der Waals surface area contributed by atoms with Crippen molar-refractivity contribution < 1.29 is 9.90 Å². The highest BCUT2D eigenvalue weighted by Crippen LogP contribution is 2.22. The predicted molar refractivity (Wildman–Crippen MR) is 59.8 cm³/mol. The van der Waals surface area contributed by atoms with Gasteiger partial charge in [-0.25, -0.2) is 0 Å². The maximum atomic E-state index is 11.4. The minimum atomic E-state index is -0.605. The van der Waals surface area contributed by atoms with E-state index in [1.807, 2.05) is 0 Å². The summed E-state index contributed by atoms with van der Waals surface area (Å²) in [5.41, 5.74) is -0.358. The van der Waals surface area contributed by atoms with Crippen molar-refractivity contribution >= 4 is 37.6 Å².